The van der Waals surface area contributed by atoms with Crippen molar-refractivity contribution in [3.63, 3.8) is 0 Å². The second-order valence-electron chi connectivity index (χ2n) is 8.94. The van der Waals surface area contributed by atoms with Gasteiger partial charge in [-0.25, -0.2) is 0 Å². The first-order valence-electron chi connectivity index (χ1n) is 12.8. The summed E-state index contributed by atoms with van der Waals surface area (Å²) in [4.78, 5) is 33.9. The molecule has 0 radical (unpaired) electrons. The van der Waals surface area contributed by atoms with Gasteiger partial charge in [-0.05, 0) is 73.9 Å². The summed E-state index contributed by atoms with van der Waals surface area (Å²) in [7, 11) is 1.56. The average Bonchev–Trinajstić information content (AvgIpc) is 3.83. The Labute approximate surface area is 233 Å². The summed E-state index contributed by atoms with van der Waals surface area (Å²) < 4.78 is 0. The number of aliphatic hydroxyl groups is 1. The van der Waals surface area contributed by atoms with Crippen molar-refractivity contribution >= 4 is 30.4 Å². The molecule has 0 aliphatic heterocycles. The highest BCUT2D eigenvalue weighted by Gasteiger charge is 2.24. The number of aromatic nitrogens is 3. The van der Waals surface area contributed by atoms with Crippen molar-refractivity contribution in [1.82, 2.24) is 25.8 Å². The number of nitrogens with two attached hydrogens (primary N) is 1. The first-order valence-corrected chi connectivity index (χ1v) is 12.8. The molecule has 11 heteroatoms. The molecular formula is C29H34N8O3. The van der Waals surface area contributed by atoms with Gasteiger partial charge in [-0.2, -0.15) is 10.2 Å². The number of primary amides is 1. The summed E-state index contributed by atoms with van der Waals surface area (Å²) in [5.41, 5.74) is 11.3. The van der Waals surface area contributed by atoms with Crippen molar-refractivity contribution in [2.75, 3.05) is 26.9 Å². The van der Waals surface area contributed by atoms with Crippen molar-refractivity contribution < 1.29 is 14.7 Å². The second kappa shape index (κ2) is 15.1. The van der Waals surface area contributed by atoms with Gasteiger partial charge >= 0.3 is 0 Å². The van der Waals surface area contributed by atoms with Gasteiger partial charge in [0, 0.05) is 36.5 Å². The molecule has 208 valence electrons. The van der Waals surface area contributed by atoms with Crippen LogP contribution in [0.5, 0.6) is 0 Å². The maximum absolute atomic E-state index is 12.2. The lowest BCUT2D eigenvalue weighted by molar-refractivity contribution is -0.106. The van der Waals surface area contributed by atoms with Crippen LogP contribution in [0.4, 0.5) is 0 Å². The van der Waals surface area contributed by atoms with E-state index >= 15 is 0 Å². The van der Waals surface area contributed by atoms with E-state index in [2.05, 4.69) is 54.3 Å². The van der Waals surface area contributed by atoms with E-state index in [0.29, 0.717) is 29.4 Å². The predicted molar refractivity (Wildman–Crippen MR) is 156 cm³/mol. The zero-order valence-corrected chi connectivity index (χ0v) is 22.7. The second-order valence-corrected chi connectivity index (χ2v) is 8.94. The van der Waals surface area contributed by atoms with E-state index in [0.717, 1.165) is 22.4 Å². The molecule has 1 aliphatic carbocycles. The van der Waals surface area contributed by atoms with E-state index in [9.17, 15) is 4.79 Å². The predicted octanol–water partition coefficient (Wildman–Crippen LogP) is 2.26. The Bertz CT molecular complexity index is 1400. The molecule has 4 rings (SSSR count). The lowest BCUT2D eigenvalue weighted by Crippen LogP contribution is -2.20. The van der Waals surface area contributed by atoms with E-state index in [1.807, 2.05) is 37.4 Å². The van der Waals surface area contributed by atoms with E-state index < -0.39 is 0 Å². The van der Waals surface area contributed by atoms with Crippen LogP contribution < -0.4 is 16.4 Å². The Balaban J connectivity index is 0.00000141. The Morgan fingerprint density at radius 3 is 2.70 bits per heavy atom. The molecule has 3 aromatic rings. The normalized spacial score (nSPS) is 13.2. The molecular weight excluding hydrogens is 508 g/mol. The van der Waals surface area contributed by atoms with Crippen molar-refractivity contribution in [3.8, 4) is 11.3 Å². The lowest BCUT2D eigenvalue weighted by Gasteiger charge is -2.11. The molecule has 5 N–H and O–H groups in total. The van der Waals surface area contributed by atoms with E-state index in [1.54, 1.807) is 25.4 Å². The summed E-state index contributed by atoms with van der Waals surface area (Å²) in [6.45, 7) is 6.52. The number of amides is 2. The number of carbonyl (C=O) groups excluding carboxylic acids is 2. The molecule has 0 spiro atoms. The third kappa shape index (κ3) is 8.19. The largest absolute Gasteiger partial charge is 0.395 e. The van der Waals surface area contributed by atoms with Crippen molar-refractivity contribution in [2.24, 2.45) is 15.7 Å². The number of pyridine rings is 1. The highest BCUT2D eigenvalue weighted by molar-refractivity contribution is 6.13. The summed E-state index contributed by atoms with van der Waals surface area (Å²) in [5.74, 6) is 0.298. The van der Waals surface area contributed by atoms with Gasteiger partial charge in [0.15, 0.2) is 0 Å². The molecule has 11 nitrogen and oxygen atoms in total. The minimum Gasteiger partial charge on any atom is -0.395 e. The number of hydrogen-bond acceptors (Lipinski definition) is 9. The van der Waals surface area contributed by atoms with Crippen molar-refractivity contribution in [1.29, 1.82) is 0 Å². The van der Waals surface area contributed by atoms with Crippen LogP contribution >= 0.6 is 0 Å². The monoisotopic (exact) mass is 542 g/mol. The van der Waals surface area contributed by atoms with Gasteiger partial charge < -0.3 is 16.2 Å². The molecule has 1 saturated carbocycles. The number of nitrogens with zero attached hydrogens (tertiary/aromatic N) is 5. The summed E-state index contributed by atoms with van der Waals surface area (Å²) in [5, 5.41) is 23.3. The number of rotatable bonds is 11. The Hall–Kier alpha value is -4.61. The molecule has 2 amide bonds. The smallest absolute Gasteiger partial charge is 0.269 e. The molecule has 1 aliphatic rings. The minimum absolute atomic E-state index is 0.00700. The van der Waals surface area contributed by atoms with Crippen molar-refractivity contribution in [3.05, 3.63) is 82.8 Å². The van der Waals surface area contributed by atoms with Gasteiger partial charge in [0.1, 0.15) is 5.69 Å². The van der Waals surface area contributed by atoms with Gasteiger partial charge in [-0.3, -0.25) is 29.9 Å². The fourth-order valence-corrected chi connectivity index (χ4v) is 3.92. The topological polar surface area (TPSA) is 168 Å². The molecule has 1 fully saturated rings. The zero-order valence-electron chi connectivity index (χ0n) is 22.7. The van der Waals surface area contributed by atoms with Gasteiger partial charge in [0.05, 0.1) is 36.6 Å². The number of aryl methyl sites for hydroxylation is 1. The van der Waals surface area contributed by atoms with Crippen LogP contribution in [0.1, 0.15) is 51.5 Å². The van der Waals surface area contributed by atoms with E-state index in [1.165, 1.54) is 18.4 Å². The number of allylic oxidation sites excluding steroid dienone is 1. The summed E-state index contributed by atoms with van der Waals surface area (Å²) in [6.07, 6.45) is 7.91. The average molecular weight is 543 g/mol. The van der Waals surface area contributed by atoms with Gasteiger partial charge in [-0.15, -0.1) is 0 Å². The molecule has 0 atom stereocenters. The van der Waals surface area contributed by atoms with E-state index in [4.69, 9.17) is 9.90 Å². The lowest BCUT2D eigenvalue weighted by atomic mass is 9.98. The van der Waals surface area contributed by atoms with Crippen LogP contribution in [0, 0.1) is 6.92 Å². The summed E-state index contributed by atoms with van der Waals surface area (Å²) in [6, 6.07) is 11.7. The Kier molecular flexibility index (Phi) is 11.3. The summed E-state index contributed by atoms with van der Waals surface area (Å²) >= 11 is 0. The first kappa shape index (κ1) is 29.9. The number of aliphatic imine (C=N–C) groups is 2. The number of hydrogen-bond donors (Lipinski definition) is 4. The highest BCUT2D eigenvalue weighted by atomic mass is 16.3. The Morgan fingerprint density at radius 1 is 1.25 bits per heavy atom. The van der Waals surface area contributed by atoms with E-state index in [-0.39, 0.29) is 31.3 Å². The zero-order chi connectivity index (χ0) is 28.9. The van der Waals surface area contributed by atoms with Crippen LogP contribution in [-0.4, -0.2) is 71.9 Å². The molecule has 2 heterocycles. The number of aliphatic hydroxyl groups excluding tert-OH is 1. The molecule has 1 aromatic carbocycles. The number of nitrogens with one attached hydrogen (secondary N) is 2. The van der Waals surface area contributed by atoms with Crippen LogP contribution in [0.3, 0.4) is 0 Å². The fourth-order valence-electron chi connectivity index (χ4n) is 3.92. The fraction of sp³-hybridized carbons (Fsp3) is 0.276. The maximum Gasteiger partial charge on any atom is 0.269 e. The Morgan fingerprint density at radius 2 is 2.02 bits per heavy atom. The van der Waals surface area contributed by atoms with Gasteiger partial charge in [0.25, 0.3) is 5.91 Å². The SMILES string of the molecule is C=N/C(=C\C(=N/CNCCO)c1ccnc(C(=O)NC)c1)c1cc(-c2cc(C3CC3)cnn2)ccc1C.NC=O. The van der Waals surface area contributed by atoms with Crippen LogP contribution in [0.25, 0.3) is 17.0 Å². The van der Waals surface area contributed by atoms with Gasteiger partial charge in [0.2, 0.25) is 6.41 Å². The quantitative estimate of drug-likeness (QED) is 0.164. The number of benzene rings is 1. The molecule has 0 bridgehead atoms. The highest BCUT2D eigenvalue weighted by Crippen LogP contribution is 2.40. The van der Waals surface area contributed by atoms with Crippen LogP contribution in [0.2, 0.25) is 0 Å². The molecule has 2 aromatic heterocycles. The third-order valence-corrected chi connectivity index (χ3v) is 6.14. The maximum atomic E-state index is 12.2. The standard InChI is InChI=1S/C28H31N7O2.CH3NO/c1-18-4-5-20(25-14-22(16-34-35-25)19-6-7-19)12-23(18)26(29-2)15-24(33-17-31-10-11-36)21-8-9-32-27(13-21)28(37)30-3;2-1-3/h4-5,8-9,12-16,19,31,36H,2,6-7,10-11,17H2,1,3H3,(H,30,37);1H,(H2,2,3)/b26-15-,33-24+;. The molecule has 0 saturated heterocycles. The first-order chi connectivity index (χ1) is 19.4. The molecule has 0 unspecified atom stereocenters. The third-order valence-electron chi connectivity index (χ3n) is 6.14. The van der Waals surface area contributed by atoms with Crippen molar-refractivity contribution in [2.45, 2.75) is 25.7 Å². The van der Waals surface area contributed by atoms with Crippen LogP contribution in [0.15, 0.2) is 64.9 Å². The van der Waals surface area contributed by atoms with Crippen LogP contribution in [-0.2, 0) is 4.79 Å². The number of carbonyl (C=O) groups is 2. The minimum atomic E-state index is -0.288. The molecule has 40 heavy (non-hydrogen) atoms. The van der Waals surface area contributed by atoms with Gasteiger partial charge in [-0.1, -0.05) is 12.1 Å².